The number of aliphatic imine (C=N–C) groups is 1. The van der Waals surface area contributed by atoms with Crippen LogP contribution < -0.4 is 16.0 Å². The zero-order chi connectivity index (χ0) is 17.9. The number of benzene rings is 1. The first-order chi connectivity index (χ1) is 11.4. The number of hydrogen-bond donors (Lipinski definition) is 3. The molecule has 0 aliphatic rings. The molecular weight excluding hydrogens is 429 g/mol. The topological polar surface area (TPSA) is 68.8 Å². The van der Waals surface area contributed by atoms with Crippen molar-refractivity contribution in [1.82, 2.24) is 15.5 Å². The molecule has 3 N–H and O–H groups in total. The van der Waals surface area contributed by atoms with Crippen molar-refractivity contribution in [3.05, 3.63) is 29.8 Å². The van der Waals surface area contributed by atoms with Gasteiger partial charge in [0.2, 0.25) is 5.91 Å². The molecule has 1 aromatic carbocycles. The molecule has 0 spiro atoms. The summed E-state index contributed by atoms with van der Waals surface area (Å²) in [6, 6.07) is 8.18. The first kappa shape index (κ1) is 23.6. The molecule has 0 heterocycles. The van der Waals surface area contributed by atoms with Crippen LogP contribution in [0.1, 0.15) is 32.8 Å². The lowest BCUT2D eigenvalue weighted by Gasteiger charge is -2.16. The fourth-order valence-corrected chi connectivity index (χ4v) is 2.06. The number of hydrogen-bond acceptors (Lipinski definition) is 3. The Hall–Kier alpha value is -1.35. The summed E-state index contributed by atoms with van der Waals surface area (Å²) in [5, 5.41) is 9.53. The Kier molecular flexibility index (Phi) is 12.2. The van der Waals surface area contributed by atoms with Crippen LogP contribution >= 0.6 is 24.0 Å². The lowest BCUT2D eigenvalue weighted by molar-refractivity contribution is -0.116. The summed E-state index contributed by atoms with van der Waals surface area (Å²) >= 11 is 0. The second-order valence-electron chi connectivity index (χ2n) is 6.14. The van der Waals surface area contributed by atoms with E-state index >= 15 is 0 Å². The SMILES string of the molecule is CCNC(=NCc1cccc(NC(=O)CN(C)C)c1)NC(C)CC.I. The highest BCUT2D eigenvalue weighted by atomic mass is 127. The fourth-order valence-electron chi connectivity index (χ4n) is 2.06. The van der Waals surface area contributed by atoms with Crippen LogP contribution in [0.3, 0.4) is 0 Å². The molecule has 6 nitrogen and oxygen atoms in total. The molecule has 0 fully saturated rings. The maximum Gasteiger partial charge on any atom is 0.238 e. The van der Waals surface area contributed by atoms with Gasteiger partial charge in [-0.25, -0.2) is 4.99 Å². The summed E-state index contributed by atoms with van der Waals surface area (Å²) in [6.07, 6.45) is 1.04. The quantitative estimate of drug-likeness (QED) is 0.317. The van der Waals surface area contributed by atoms with E-state index in [9.17, 15) is 4.79 Å². The molecule has 0 saturated carbocycles. The Bertz CT molecular complexity index is 548. The van der Waals surface area contributed by atoms with Gasteiger partial charge in [0.15, 0.2) is 5.96 Å². The molecule has 1 aromatic rings. The molecule has 0 bridgehead atoms. The van der Waals surface area contributed by atoms with Gasteiger partial charge in [-0.2, -0.15) is 0 Å². The lowest BCUT2D eigenvalue weighted by Crippen LogP contribution is -2.41. The molecule has 0 aromatic heterocycles. The third kappa shape index (κ3) is 10.3. The third-order valence-electron chi connectivity index (χ3n) is 3.43. The average molecular weight is 461 g/mol. The minimum Gasteiger partial charge on any atom is -0.357 e. The number of guanidine groups is 1. The zero-order valence-corrected chi connectivity index (χ0v) is 18.3. The van der Waals surface area contributed by atoms with Crippen LogP contribution in [0.4, 0.5) is 5.69 Å². The molecular formula is C18H32IN5O. The number of carbonyl (C=O) groups excluding carboxylic acids is 1. The zero-order valence-electron chi connectivity index (χ0n) is 15.9. The van der Waals surface area contributed by atoms with E-state index < -0.39 is 0 Å². The number of rotatable bonds is 8. The van der Waals surface area contributed by atoms with Crippen LogP contribution in [0.25, 0.3) is 0 Å². The first-order valence-corrected chi connectivity index (χ1v) is 8.53. The Morgan fingerprint density at radius 3 is 2.60 bits per heavy atom. The molecule has 1 atom stereocenters. The van der Waals surface area contributed by atoms with Crippen molar-refractivity contribution < 1.29 is 4.79 Å². The highest BCUT2D eigenvalue weighted by Gasteiger charge is 2.05. The average Bonchev–Trinajstić information content (AvgIpc) is 2.52. The van der Waals surface area contributed by atoms with E-state index in [4.69, 9.17) is 0 Å². The van der Waals surface area contributed by atoms with Crippen molar-refractivity contribution in [2.75, 3.05) is 32.5 Å². The summed E-state index contributed by atoms with van der Waals surface area (Å²) in [6.45, 7) is 8.07. The van der Waals surface area contributed by atoms with Gasteiger partial charge >= 0.3 is 0 Å². The van der Waals surface area contributed by atoms with Gasteiger partial charge in [-0.3, -0.25) is 4.79 Å². The number of amides is 1. The van der Waals surface area contributed by atoms with E-state index in [-0.39, 0.29) is 29.9 Å². The Morgan fingerprint density at radius 2 is 2.00 bits per heavy atom. The van der Waals surface area contributed by atoms with E-state index in [0.717, 1.165) is 30.2 Å². The van der Waals surface area contributed by atoms with Gasteiger partial charge in [0.05, 0.1) is 13.1 Å². The minimum atomic E-state index is -0.0209. The molecule has 1 unspecified atom stereocenters. The summed E-state index contributed by atoms with van der Waals surface area (Å²) < 4.78 is 0. The van der Waals surface area contributed by atoms with Crippen LogP contribution in [0.5, 0.6) is 0 Å². The molecule has 0 saturated heterocycles. The van der Waals surface area contributed by atoms with Gasteiger partial charge in [-0.15, -0.1) is 24.0 Å². The maximum atomic E-state index is 11.8. The van der Waals surface area contributed by atoms with Crippen molar-refractivity contribution >= 4 is 41.5 Å². The number of likely N-dealkylation sites (N-methyl/N-ethyl adjacent to an activating group) is 1. The van der Waals surface area contributed by atoms with Crippen molar-refractivity contribution in [2.24, 2.45) is 4.99 Å². The van der Waals surface area contributed by atoms with Crippen molar-refractivity contribution in [3.63, 3.8) is 0 Å². The summed E-state index contributed by atoms with van der Waals surface area (Å²) in [5.41, 5.74) is 1.86. The lowest BCUT2D eigenvalue weighted by atomic mass is 10.2. The number of halogens is 1. The minimum absolute atomic E-state index is 0. The number of carbonyl (C=O) groups is 1. The Labute approximate surface area is 168 Å². The number of nitrogens with zero attached hydrogens (tertiary/aromatic N) is 2. The number of anilines is 1. The second-order valence-corrected chi connectivity index (χ2v) is 6.14. The monoisotopic (exact) mass is 461 g/mol. The van der Waals surface area contributed by atoms with Gasteiger partial charge in [0.25, 0.3) is 0 Å². The molecule has 0 radical (unpaired) electrons. The van der Waals surface area contributed by atoms with Crippen molar-refractivity contribution in [3.8, 4) is 0 Å². The fraction of sp³-hybridized carbons (Fsp3) is 0.556. The standard InChI is InChI=1S/C18H31N5O.HI/c1-6-14(3)21-18(19-7-2)20-12-15-9-8-10-16(11-15)22-17(24)13-23(4)5;/h8-11,14H,6-7,12-13H2,1-5H3,(H,22,24)(H2,19,20,21);1H. The van der Waals surface area contributed by atoms with Crippen LogP contribution in [0.2, 0.25) is 0 Å². The van der Waals surface area contributed by atoms with Gasteiger partial charge in [-0.1, -0.05) is 19.1 Å². The molecule has 1 rings (SSSR count). The van der Waals surface area contributed by atoms with E-state index in [1.165, 1.54) is 0 Å². The molecule has 1 amide bonds. The van der Waals surface area contributed by atoms with E-state index in [1.54, 1.807) is 0 Å². The molecule has 25 heavy (non-hydrogen) atoms. The smallest absolute Gasteiger partial charge is 0.238 e. The highest BCUT2D eigenvalue weighted by molar-refractivity contribution is 14.0. The van der Waals surface area contributed by atoms with Gasteiger partial charge in [0.1, 0.15) is 0 Å². The van der Waals surface area contributed by atoms with E-state index in [0.29, 0.717) is 19.1 Å². The highest BCUT2D eigenvalue weighted by Crippen LogP contribution is 2.11. The van der Waals surface area contributed by atoms with Gasteiger partial charge < -0.3 is 20.9 Å². The molecule has 0 aliphatic heterocycles. The van der Waals surface area contributed by atoms with Gasteiger partial charge in [-0.05, 0) is 52.1 Å². The van der Waals surface area contributed by atoms with Crippen LogP contribution in [-0.4, -0.2) is 50.0 Å². The van der Waals surface area contributed by atoms with Crippen molar-refractivity contribution in [2.45, 2.75) is 39.8 Å². The van der Waals surface area contributed by atoms with Crippen LogP contribution in [-0.2, 0) is 11.3 Å². The van der Waals surface area contributed by atoms with E-state index in [2.05, 4.69) is 41.7 Å². The summed E-state index contributed by atoms with van der Waals surface area (Å²) in [4.78, 5) is 18.3. The third-order valence-corrected chi connectivity index (χ3v) is 3.43. The molecule has 7 heteroatoms. The second kappa shape index (κ2) is 12.9. The summed E-state index contributed by atoms with van der Waals surface area (Å²) in [5.74, 6) is 0.793. The predicted octanol–water partition coefficient (Wildman–Crippen LogP) is 2.66. The largest absolute Gasteiger partial charge is 0.357 e. The maximum absolute atomic E-state index is 11.8. The molecule has 0 aliphatic carbocycles. The summed E-state index contributed by atoms with van der Waals surface area (Å²) in [7, 11) is 3.74. The van der Waals surface area contributed by atoms with E-state index in [1.807, 2.05) is 43.3 Å². The Balaban J connectivity index is 0.00000576. The van der Waals surface area contributed by atoms with Crippen LogP contribution in [0, 0.1) is 0 Å². The van der Waals surface area contributed by atoms with Crippen molar-refractivity contribution in [1.29, 1.82) is 0 Å². The van der Waals surface area contributed by atoms with Crippen LogP contribution in [0.15, 0.2) is 29.3 Å². The predicted molar refractivity (Wildman–Crippen MR) is 117 cm³/mol. The molecule has 142 valence electrons. The number of nitrogens with one attached hydrogen (secondary N) is 3. The first-order valence-electron chi connectivity index (χ1n) is 8.53. The Morgan fingerprint density at radius 1 is 1.28 bits per heavy atom. The van der Waals surface area contributed by atoms with Gasteiger partial charge in [0, 0.05) is 18.3 Å². The normalized spacial score (nSPS) is 12.3.